The molecule has 1 aromatic rings. The van der Waals surface area contributed by atoms with Crippen molar-refractivity contribution in [2.45, 2.75) is 20.8 Å². The molecule has 0 spiro atoms. The summed E-state index contributed by atoms with van der Waals surface area (Å²) in [6, 6.07) is 2.62. The smallest absolute Gasteiger partial charge is 0.145 e. The van der Waals surface area contributed by atoms with Gasteiger partial charge in [-0.1, -0.05) is 6.07 Å². The second-order valence-corrected chi connectivity index (χ2v) is 4.07. The van der Waals surface area contributed by atoms with Crippen LogP contribution in [0, 0.1) is 20.8 Å². The number of rotatable bonds is 3. The first-order valence-electron chi connectivity index (χ1n) is 4.94. The van der Waals surface area contributed by atoms with E-state index >= 15 is 0 Å². The lowest BCUT2D eigenvalue weighted by Gasteiger charge is -2.23. The van der Waals surface area contributed by atoms with Crippen molar-refractivity contribution in [1.82, 2.24) is 0 Å². The standard InChI is InChI=1S/C12H18ClNO/c1-8-6-9(2)11(14(4)7-13)12(15-5)10(8)3/h6H,7H2,1-5H3. The zero-order chi connectivity index (χ0) is 11.6. The van der Waals surface area contributed by atoms with Gasteiger partial charge in [-0.3, -0.25) is 0 Å². The molecule has 0 atom stereocenters. The largest absolute Gasteiger partial charge is 0.494 e. The molecule has 0 radical (unpaired) electrons. The third kappa shape index (κ3) is 2.20. The third-order valence-electron chi connectivity index (χ3n) is 2.72. The first-order chi connectivity index (χ1) is 7.02. The van der Waals surface area contributed by atoms with Gasteiger partial charge in [-0.05, 0) is 37.5 Å². The minimum absolute atomic E-state index is 0.458. The van der Waals surface area contributed by atoms with Crippen LogP contribution < -0.4 is 9.64 Å². The van der Waals surface area contributed by atoms with Crippen LogP contribution in [0.1, 0.15) is 16.7 Å². The number of ether oxygens (including phenoxy) is 1. The number of hydrogen-bond donors (Lipinski definition) is 0. The SMILES string of the molecule is COc1c(C)c(C)cc(C)c1N(C)CCl. The van der Waals surface area contributed by atoms with Crippen molar-refractivity contribution in [3.63, 3.8) is 0 Å². The summed E-state index contributed by atoms with van der Waals surface area (Å²) in [5, 5.41) is 0. The predicted molar refractivity (Wildman–Crippen MR) is 66.3 cm³/mol. The topological polar surface area (TPSA) is 12.5 Å². The molecular formula is C12H18ClNO. The Morgan fingerprint density at radius 2 is 1.87 bits per heavy atom. The molecule has 1 rings (SSSR count). The highest BCUT2D eigenvalue weighted by atomic mass is 35.5. The van der Waals surface area contributed by atoms with Crippen LogP contribution in [-0.2, 0) is 0 Å². The maximum absolute atomic E-state index is 5.85. The summed E-state index contributed by atoms with van der Waals surface area (Å²) in [5.41, 5.74) is 4.69. The number of aryl methyl sites for hydroxylation is 2. The van der Waals surface area contributed by atoms with E-state index in [4.69, 9.17) is 16.3 Å². The lowest BCUT2D eigenvalue weighted by atomic mass is 10.0. The van der Waals surface area contributed by atoms with Gasteiger partial charge in [-0.25, -0.2) is 0 Å². The fourth-order valence-corrected chi connectivity index (χ4v) is 1.94. The van der Waals surface area contributed by atoms with Crippen LogP contribution in [0.25, 0.3) is 0 Å². The predicted octanol–water partition coefficient (Wildman–Crippen LogP) is 3.25. The molecule has 0 aliphatic heterocycles. The molecule has 2 nitrogen and oxygen atoms in total. The third-order valence-corrected chi connectivity index (χ3v) is 3.08. The van der Waals surface area contributed by atoms with Crippen LogP contribution >= 0.6 is 11.6 Å². The minimum atomic E-state index is 0.458. The maximum Gasteiger partial charge on any atom is 0.145 e. The van der Waals surface area contributed by atoms with Gasteiger partial charge in [0.1, 0.15) is 5.75 Å². The Labute approximate surface area is 96.8 Å². The highest BCUT2D eigenvalue weighted by Crippen LogP contribution is 2.36. The van der Waals surface area contributed by atoms with Gasteiger partial charge in [0.25, 0.3) is 0 Å². The van der Waals surface area contributed by atoms with E-state index in [9.17, 15) is 0 Å². The lowest BCUT2D eigenvalue weighted by molar-refractivity contribution is 0.411. The van der Waals surface area contributed by atoms with E-state index in [1.807, 2.05) is 11.9 Å². The van der Waals surface area contributed by atoms with Crippen LogP contribution in [0.5, 0.6) is 5.75 Å². The van der Waals surface area contributed by atoms with Gasteiger partial charge < -0.3 is 9.64 Å². The molecule has 0 heterocycles. The summed E-state index contributed by atoms with van der Waals surface area (Å²) >= 11 is 5.85. The van der Waals surface area contributed by atoms with Crippen molar-refractivity contribution in [2.24, 2.45) is 0 Å². The zero-order valence-corrected chi connectivity index (χ0v) is 10.8. The summed E-state index contributed by atoms with van der Waals surface area (Å²) in [5.74, 6) is 0.927. The molecular weight excluding hydrogens is 210 g/mol. The van der Waals surface area contributed by atoms with Crippen LogP contribution in [0.3, 0.4) is 0 Å². The van der Waals surface area contributed by atoms with Gasteiger partial charge in [0, 0.05) is 7.05 Å². The van der Waals surface area contributed by atoms with E-state index in [-0.39, 0.29) is 0 Å². The van der Waals surface area contributed by atoms with Crippen LogP contribution in [0.15, 0.2) is 6.07 Å². The van der Waals surface area contributed by atoms with Crippen molar-refractivity contribution in [1.29, 1.82) is 0 Å². The van der Waals surface area contributed by atoms with Crippen molar-refractivity contribution >= 4 is 17.3 Å². The first kappa shape index (κ1) is 12.2. The van der Waals surface area contributed by atoms with E-state index < -0.39 is 0 Å². The highest BCUT2D eigenvalue weighted by molar-refractivity contribution is 6.19. The van der Waals surface area contributed by atoms with Crippen molar-refractivity contribution in [2.75, 3.05) is 25.1 Å². The Morgan fingerprint density at radius 1 is 1.27 bits per heavy atom. The molecule has 3 heteroatoms. The fraction of sp³-hybridized carbons (Fsp3) is 0.500. The molecule has 0 bridgehead atoms. The second-order valence-electron chi connectivity index (χ2n) is 3.83. The van der Waals surface area contributed by atoms with E-state index in [1.54, 1.807) is 7.11 Å². The molecule has 0 aliphatic carbocycles. The summed E-state index contributed by atoms with van der Waals surface area (Å²) < 4.78 is 5.46. The van der Waals surface area contributed by atoms with Crippen molar-refractivity contribution in [3.8, 4) is 5.75 Å². The van der Waals surface area contributed by atoms with E-state index in [0.29, 0.717) is 6.00 Å². The van der Waals surface area contributed by atoms with Gasteiger partial charge in [-0.2, -0.15) is 0 Å². The monoisotopic (exact) mass is 227 g/mol. The van der Waals surface area contributed by atoms with Gasteiger partial charge in [0.15, 0.2) is 0 Å². The molecule has 15 heavy (non-hydrogen) atoms. The lowest BCUT2D eigenvalue weighted by Crippen LogP contribution is -2.17. The number of nitrogens with zero attached hydrogens (tertiary/aromatic N) is 1. The Hall–Kier alpha value is -0.890. The minimum Gasteiger partial charge on any atom is -0.494 e. The second kappa shape index (κ2) is 4.75. The van der Waals surface area contributed by atoms with Crippen molar-refractivity contribution in [3.05, 3.63) is 22.8 Å². The molecule has 0 fully saturated rings. The number of halogens is 1. The fourth-order valence-electron chi connectivity index (χ4n) is 1.82. The molecule has 0 saturated carbocycles. The van der Waals surface area contributed by atoms with E-state index in [1.165, 1.54) is 16.7 Å². The zero-order valence-electron chi connectivity index (χ0n) is 10.0. The molecule has 0 saturated heterocycles. The molecule has 0 unspecified atom stereocenters. The van der Waals surface area contributed by atoms with Crippen molar-refractivity contribution < 1.29 is 4.74 Å². The molecule has 1 aromatic carbocycles. The number of anilines is 1. The highest BCUT2D eigenvalue weighted by Gasteiger charge is 2.14. The Morgan fingerprint density at radius 3 is 2.33 bits per heavy atom. The summed E-state index contributed by atoms with van der Waals surface area (Å²) in [6.07, 6.45) is 0. The summed E-state index contributed by atoms with van der Waals surface area (Å²) in [6.45, 7) is 6.24. The normalized spacial score (nSPS) is 10.3. The molecule has 0 aromatic heterocycles. The van der Waals surface area contributed by atoms with Crippen LogP contribution in [-0.4, -0.2) is 20.2 Å². The molecule has 0 aliphatic rings. The number of hydrogen-bond acceptors (Lipinski definition) is 2. The van der Waals surface area contributed by atoms with Gasteiger partial charge in [0.2, 0.25) is 0 Å². The van der Waals surface area contributed by atoms with E-state index in [2.05, 4.69) is 26.8 Å². The number of methoxy groups -OCH3 is 1. The average Bonchev–Trinajstić information content (AvgIpc) is 2.21. The Kier molecular flexibility index (Phi) is 3.86. The summed E-state index contributed by atoms with van der Waals surface area (Å²) in [7, 11) is 3.67. The quantitative estimate of drug-likeness (QED) is 0.581. The maximum atomic E-state index is 5.85. The summed E-state index contributed by atoms with van der Waals surface area (Å²) in [4.78, 5) is 1.99. The molecule has 84 valence electrons. The van der Waals surface area contributed by atoms with Crippen LogP contribution in [0.4, 0.5) is 5.69 Å². The number of benzene rings is 1. The Bertz CT molecular complexity index is 363. The van der Waals surface area contributed by atoms with Crippen LogP contribution in [0.2, 0.25) is 0 Å². The number of alkyl halides is 1. The average molecular weight is 228 g/mol. The van der Waals surface area contributed by atoms with Gasteiger partial charge in [0.05, 0.1) is 18.8 Å². The Balaban J connectivity index is 3.41. The van der Waals surface area contributed by atoms with Gasteiger partial charge >= 0.3 is 0 Å². The molecule has 0 N–H and O–H groups in total. The first-order valence-corrected chi connectivity index (χ1v) is 5.48. The van der Waals surface area contributed by atoms with Gasteiger partial charge in [-0.15, -0.1) is 11.6 Å². The molecule has 0 amide bonds. The van der Waals surface area contributed by atoms with E-state index in [0.717, 1.165) is 11.4 Å².